The Labute approximate surface area is 153 Å². The number of benzene rings is 1. The minimum absolute atomic E-state index is 0.189. The lowest BCUT2D eigenvalue weighted by Crippen LogP contribution is -2.25. The van der Waals surface area contributed by atoms with Crippen LogP contribution in [-0.2, 0) is 16.0 Å². The zero-order valence-corrected chi connectivity index (χ0v) is 15.6. The van der Waals surface area contributed by atoms with Gasteiger partial charge in [0.25, 0.3) is 5.56 Å². The average Bonchev–Trinajstić information content (AvgIpc) is 2.96. The molecular weight excluding hydrogens is 363 g/mol. The lowest BCUT2D eigenvalue weighted by Gasteiger charge is -2.15. The summed E-state index contributed by atoms with van der Waals surface area (Å²) in [6.45, 7) is 3.74. The predicted molar refractivity (Wildman–Crippen MR) is 96.2 cm³/mol. The van der Waals surface area contributed by atoms with Gasteiger partial charge in [0.1, 0.15) is 11.1 Å². The van der Waals surface area contributed by atoms with Crippen LogP contribution in [0.3, 0.4) is 0 Å². The molecule has 1 aliphatic rings. The summed E-state index contributed by atoms with van der Waals surface area (Å²) in [5.41, 5.74) is 1.08. The van der Waals surface area contributed by atoms with Gasteiger partial charge in [-0.3, -0.25) is 14.2 Å². The molecule has 25 heavy (non-hydrogen) atoms. The minimum atomic E-state index is -0.520. The maximum Gasteiger partial charge on any atom is 0.318 e. The van der Waals surface area contributed by atoms with Gasteiger partial charge in [-0.15, -0.1) is 11.8 Å². The van der Waals surface area contributed by atoms with Gasteiger partial charge in [0.05, 0.1) is 23.4 Å². The van der Waals surface area contributed by atoms with Gasteiger partial charge < -0.3 is 4.74 Å². The highest BCUT2D eigenvalue weighted by molar-refractivity contribution is 8.00. The molecular formula is C17H17FN2O3S2. The van der Waals surface area contributed by atoms with Crippen LogP contribution in [0.1, 0.15) is 19.5 Å². The highest BCUT2D eigenvalue weighted by Gasteiger charge is 2.28. The monoisotopic (exact) mass is 380 g/mol. The number of hydrogen-bond acceptors (Lipinski definition) is 6. The molecule has 0 saturated heterocycles. The molecule has 0 spiro atoms. The molecule has 0 amide bonds. The molecule has 2 unspecified atom stereocenters. The maximum absolute atomic E-state index is 13.3. The quantitative estimate of drug-likeness (QED) is 0.462. The number of methoxy groups -OCH3 is 1. The summed E-state index contributed by atoms with van der Waals surface area (Å²) in [5, 5.41) is 0.159. The van der Waals surface area contributed by atoms with Crippen molar-refractivity contribution >= 4 is 29.5 Å². The summed E-state index contributed by atoms with van der Waals surface area (Å²) in [4.78, 5) is 30.0. The van der Waals surface area contributed by atoms with Gasteiger partial charge >= 0.3 is 5.97 Å². The molecule has 0 saturated carbocycles. The van der Waals surface area contributed by atoms with Crippen LogP contribution in [0.25, 0.3) is 5.69 Å². The van der Waals surface area contributed by atoms with E-state index in [0.717, 1.165) is 17.5 Å². The number of carbonyl (C=O) groups is 1. The van der Waals surface area contributed by atoms with Crippen molar-refractivity contribution in [1.29, 1.82) is 0 Å². The van der Waals surface area contributed by atoms with Gasteiger partial charge in [-0.05, 0) is 31.2 Å². The van der Waals surface area contributed by atoms with Crippen molar-refractivity contribution in [1.82, 2.24) is 9.55 Å². The third kappa shape index (κ3) is 3.59. The SMILES string of the molecule is COC(=O)C(C)Sc1nc2c(c(=O)n1-c1ccc(F)cc1)SC(C)C2. The van der Waals surface area contributed by atoms with Gasteiger partial charge in [-0.2, -0.15) is 0 Å². The van der Waals surface area contributed by atoms with Gasteiger partial charge in [-0.1, -0.05) is 18.7 Å². The van der Waals surface area contributed by atoms with E-state index in [-0.39, 0.29) is 16.6 Å². The largest absolute Gasteiger partial charge is 0.468 e. The number of fused-ring (bicyclic) bond motifs is 1. The number of hydrogen-bond donors (Lipinski definition) is 0. The number of nitrogens with zero attached hydrogens (tertiary/aromatic N) is 2. The fraction of sp³-hybridized carbons (Fsp3) is 0.353. The van der Waals surface area contributed by atoms with E-state index in [4.69, 9.17) is 4.74 Å². The van der Waals surface area contributed by atoms with E-state index < -0.39 is 11.2 Å². The van der Waals surface area contributed by atoms with E-state index in [1.54, 1.807) is 6.92 Å². The summed E-state index contributed by atoms with van der Waals surface area (Å²) in [6, 6.07) is 5.65. The van der Waals surface area contributed by atoms with Crippen LogP contribution in [0, 0.1) is 5.82 Å². The molecule has 0 bridgehead atoms. The highest BCUT2D eigenvalue weighted by atomic mass is 32.2. The lowest BCUT2D eigenvalue weighted by molar-refractivity contribution is -0.139. The summed E-state index contributed by atoms with van der Waals surface area (Å²) < 4.78 is 19.5. The predicted octanol–water partition coefficient (Wildman–Crippen LogP) is 3.06. The smallest absolute Gasteiger partial charge is 0.318 e. The van der Waals surface area contributed by atoms with Crippen molar-refractivity contribution in [3.8, 4) is 5.69 Å². The molecule has 8 heteroatoms. The topological polar surface area (TPSA) is 61.2 Å². The molecule has 0 aliphatic carbocycles. The van der Waals surface area contributed by atoms with Crippen LogP contribution in [0.2, 0.25) is 0 Å². The molecule has 0 fully saturated rings. The van der Waals surface area contributed by atoms with E-state index in [0.29, 0.717) is 22.2 Å². The number of esters is 1. The van der Waals surface area contributed by atoms with Crippen LogP contribution in [-0.4, -0.2) is 33.1 Å². The molecule has 0 N–H and O–H groups in total. The Hall–Kier alpha value is -1.80. The van der Waals surface area contributed by atoms with E-state index in [2.05, 4.69) is 4.98 Å². The fourth-order valence-electron chi connectivity index (χ4n) is 2.57. The van der Waals surface area contributed by atoms with E-state index in [1.807, 2.05) is 6.92 Å². The molecule has 5 nitrogen and oxygen atoms in total. The molecule has 2 atom stereocenters. The standard InChI is InChI=1S/C17H17FN2O3S2/c1-9-8-13-14(24-9)15(21)20(12-6-4-11(18)5-7-12)17(19-13)25-10(2)16(22)23-3/h4-7,9-10H,8H2,1-3H3. The summed E-state index contributed by atoms with van der Waals surface area (Å²) in [7, 11) is 1.32. The third-order valence-corrected chi connectivity index (χ3v) is 6.03. The van der Waals surface area contributed by atoms with Crippen LogP contribution in [0.15, 0.2) is 39.1 Å². The molecule has 2 heterocycles. The maximum atomic E-state index is 13.3. The van der Waals surface area contributed by atoms with E-state index in [1.165, 1.54) is 47.7 Å². The van der Waals surface area contributed by atoms with Crippen LogP contribution in [0.4, 0.5) is 4.39 Å². The molecule has 1 aliphatic heterocycles. The second-order valence-corrected chi connectivity index (χ2v) is 8.46. The molecule has 3 rings (SSSR count). The first-order valence-electron chi connectivity index (χ1n) is 7.73. The number of halogens is 1. The third-order valence-electron chi connectivity index (χ3n) is 3.78. The molecule has 1 aromatic heterocycles. The second kappa shape index (κ2) is 7.21. The van der Waals surface area contributed by atoms with Gasteiger partial charge in [0.15, 0.2) is 5.16 Å². The Morgan fingerprint density at radius 1 is 1.44 bits per heavy atom. The number of carbonyl (C=O) groups excluding carboxylic acids is 1. The van der Waals surface area contributed by atoms with Gasteiger partial charge in [0, 0.05) is 11.7 Å². The van der Waals surface area contributed by atoms with Crippen molar-refractivity contribution in [2.24, 2.45) is 0 Å². The Bertz CT molecular complexity index is 867. The second-order valence-electron chi connectivity index (χ2n) is 5.70. The van der Waals surface area contributed by atoms with Crippen molar-refractivity contribution < 1.29 is 13.9 Å². The van der Waals surface area contributed by atoms with Crippen molar-refractivity contribution in [2.45, 2.75) is 40.8 Å². The first-order chi connectivity index (χ1) is 11.9. The Morgan fingerprint density at radius 2 is 2.12 bits per heavy atom. The van der Waals surface area contributed by atoms with Crippen LogP contribution < -0.4 is 5.56 Å². The number of aromatic nitrogens is 2. The van der Waals surface area contributed by atoms with Gasteiger partial charge in [0.2, 0.25) is 0 Å². The number of ether oxygens (including phenoxy) is 1. The highest BCUT2D eigenvalue weighted by Crippen LogP contribution is 2.35. The van der Waals surface area contributed by atoms with Crippen molar-refractivity contribution in [3.63, 3.8) is 0 Å². The normalized spacial score (nSPS) is 17.2. The summed E-state index contributed by atoms with van der Waals surface area (Å²) >= 11 is 2.65. The molecule has 0 radical (unpaired) electrons. The first kappa shape index (κ1) is 18.0. The number of thioether (sulfide) groups is 2. The molecule has 132 valence electrons. The Morgan fingerprint density at radius 3 is 2.76 bits per heavy atom. The lowest BCUT2D eigenvalue weighted by atomic mass is 10.2. The summed E-state index contributed by atoms with van der Waals surface area (Å²) in [6.07, 6.45) is 0.708. The number of rotatable bonds is 4. The zero-order valence-electron chi connectivity index (χ0n) is 14.0. The van der Waals surface area contributed by atoms with E-state index >= 15 is 0 Å². The van der Waals surface area contributed by atoms with Crippen molar-refractivity contribution in [3.05, 3.63) is 46.1 Å². The van der Waals surface area contributed by atoms with Crippen molar-refractivity contribution in [2.75, 3.05) is 7.11 Å². The first-order valence-corrected chi connectivity index (χ1v) is 9.49. The fourth-order valence-corrected chi connectivity index (χ4v) is 4.64. The zero-order chi connectivity index (χ0) is 18.1. The average molecular weight is 380 g/mol. The molecule has 1 aromatic carbocycles. The minimum Gasteiger partial charge on any atom is -0.468 e. The van der Waals surface area contributed by atoms with E-state index in [9.17, 15) is 14.0 Å². The van der Waals surface area contributed by atoms with Crippen LogP contribution >= 0.6 is 23.5 Å². The summed E-state index contributed by atoms with van der Waals surface area (Å²) in [5.74, 6) is -0.779. The Balaban J connectivity index is 2.13. The van der Waals surface area contributed by atoms with Crippen LogP contribution in [0.5, 0.6) is 0 Å². The van der Waals surface area contributed by atoms with Gasteiger partial charge in [-0.25, -0.2) is 9.37 Å². The Kier molecular flexibility index (Phi) is 5.19. The molecule has 2 aromatic rings.